The van der Waals surface area contributed by atoms with Gasteiger partial charge in [0.25, 0.3) is 0 Å². The lowest BCUT2D eigenvalue weighted by atomic mass is 9.81. The van der Waals surface area contributed by atoms with E-state index in [1.807, 2.05) is 0 Å². The molecule has 0 spiro atoms. The summed E-state index contributed by atoms with van der Waals surface area (Å²) < 4.78 is 0. The number of nitrogens with zero attached hydrogens (tertiary/aromatic N) is 2. The fourth-order valence-corrected chi connectivity index (χ4v) is 10.1. The zero-order chi connectivity index (χ0) is 42.0. The average Bonchev–Trinajstić information content (AvgIpc) is 3.68. The third kappa shape index (κ3) is 6.25. The predicted molar refractivity (Wildman–Crippen MR) is 264 cm³/mol. The molecule has 0 aliphatic heterocycles. The van der Waals surface area contributed by atoms with E-state index >= 15 is 0 Å². The van der Waals surface area contributed by atoms with E-state index in [-0.39, 0.29) is 10.8 Å². The van der Waals surface area contributed by atoms with Crippen LogP contribution < -0.4 is 9.80 Å². The van der Waals surface area contributed by atoms with Crippen LogP contribution in [-0.2, 0) is 10.8 Å². The molecular weight excluding hydrogens is 749 g/mol. The van der Waals surface area contributed by atoms with Crippen LogP contribution in [0.4, 0.5) is 34.1 Å². The third-order valence-corrected chi connectivity index (χ3v) is 13.4. The normalized spacial score (nSPS) is 14.0. The quantitative estimate of drug-likeness (QED) is 0.141. The molecule has 0 heterocycles. The summed E-state index contributed by atoms with van der Waals surface area (Å²) in [5, 5.41) is 2.47. The highest BCUT2D eigenvalue weighted by atomic mass is 15.1. The fourth-order valence-electron chi connectivity index (χ4n) is 10.1. The van der Waals surface area contributed by atoms with Gasteiger partial charge in [-0.25, -0.2) is 0 Å². The second-order valence-electron chi connectivity index (χ2n) is 17.9. The summed E-state index contributed by atoms with van der Waals surface area (Å²) in [6.07, 6.45) is 4.48. The van der Waals surface area contributed by atoms with Crippen molar-refractivity contribution in [2.24, 2.45) is 0 Å². The first-order chi connectivity index (χ1) is 30.2. The first-order valence-corrected chi connectivity index (χ1v) is 21.8. The van der Waals surface area contributed by atoms with Gasteiger partial charge in [0.05, 0.1) is 0 Å². The first-order valence-electron chi connectivity index (χ1n) is 21.8. The second-order valence-corrected chi connectivity index (χ2v) is 17.9. The Hall–Kier alpha value is -7.42. The van der Waals surface area contributed by atoms with Gasteiger partial charge in [-0.2, -0.15) is 0 Å². The van der Waals surface area contributed by atoms with Gasteiger partial charge in [-0.1, -0.05) is 173 Å². The molecule has 62 heavy (non-hydrogen) atoms. The molecule has 298 valence electrons. The van der Waals surface area contributed by atoms with Gasteiger partial charge >= 0.3 is 0 Å². The highest BCUT2D eigenvalue weighted by Gasteiger charge is 2.38. The molecule has 2 nitrogen and oxygen atoms in total. The van der Waals surface area contributed by atoms with E-state index in [9.17, 15) is 0 Å². The van der Waals surface area contributed by atoms with Gasteiger partial charge in [0.15, 0.2) is 0 Å². The minimum atomic E-state index is -0.193. The molecule has 2 aliphatic rings. The molecule has 2 aliphatic carbocycles. The average molecular weight is 797 g/mol. The molecule has 0 radical (unpaired) electrons. The lowest BCUT2D eigenvalue weighted by molar-refractivity contribution is 0.660. The van der Waals surface area contributed by atoms with E-state index in [1.54, 1.807) is 0 Å². The summed E-state index contributed by atoms with van der Waals surface area (Å²) in [6, 6.07) is 75.6. The van der Waals surface area contributed by atoms with Crippen molar-refractivity contribution in [1.82, 2.24) is 0 Å². The highest BCUT2D eigenvalue weighted by molar-refractivity contribution is 5.92. The summed E-state index contributed by atoms with van der Waals surface area (Å²) in [5.74, 6) is 0. The summed E-state index contributed by atoms with van der Waals surface area (Å²) in [4.78, 5) is 4.76. The van der Waals surface area contributed by atoms with Crippen LogP contribution in [0.2, 0.25) is 0 Å². The Morgan fingerprint density at radius 2 is 0.694 bits per heavy atom. The van der Waals surface area contributed by atoms with Crippen LogP contribution in [0.5, 0.6) is 0 Å². The maximum Gasteiger partial charge on any atom is 0.0468 e. The van der Waals surface area contributed by atoms with Crippen molar-refractivity contribution in [3.8, 4) is 22.3 Å². The van der Waals surface area contributed by atoms with Crippen LogP contribution in [-0.4, -0.2) is 0 Å². The monoisotopic (exact) mass is 796 g/mol. The Balaban J connectivity index is 0.926. The van der Waals surface area contributed by atoms with Crippen molar-refractivity contribution in [3.05, 3.63) is 240 Å². The zero-order valence-electron chi connectivity index (χ0n) is 35.7. The lowest BCUT2D eigenvalue weighted by Gasteiger charge is -2.30. The van der Waals surface area contributed by atoms with E-state index < -0.39 is 0 Å². The Labute approximate surface area is 365 Å². The van der Waals surface area contributed by atoms with Crippen molar-refractivity contribution >= 4 is 57.0 Å². The minimum absolute atomic E-state index is 0.0971. The molecule has 0 N–H and O–H groups in total. The summed E-state index contributed by atoms with van der Waals surface area (Å²) in [5.41, 5.74) is 19.7. The first kappa shape index (κ1) is 37.6. The van der Waals surface area contributed by atoms with Gasteiger partial charge in [0.2, 0.25) is 0 Å². The molecule has 0 saturated heterocycles. The van der Waals surface area contributed by atoms with E-state index in [0.29, 0.717) is 0 Å². The molecule has 0 unspecified atom stereocenters. The summed E-state index contributed by atoms with van der Waals surface area (Å²) in [6.45, 7) is 9.49. The molecule has 0 fully saturated rings. The van der Waals surface area contributed by atoms with Gasteiger partial charge in [-0.3, -0.25) is 0 Å². The number of para-hydroxylation sites is 2. The molecule has 0 bridgehead atoms. The van der Waals surface area contributed by atoms with Crippen LogP contribution in [0.3, 0.4) is 0 Å². The third-order valence-electron chi connectivity index (χ3n) is 13.4. The zero-order valence-corrected chi connectivity index (χ0v) is 35.7. The molecular formula is C60H48N2. The smallest absolute Gasteiger partial charge is 0.0468 e. The van der Waals surface area contributed by atoms with Gasteiger partial charge < -0.3 is 9.80 Å². The minimum Gasteiger partial charge on any atom is -0.311 e. The van der Waals surface area contributed by atoms with E-state index in [1.165, 1.54) is 66.5 Å². The topological polar surface area (TPSA) is 6.48 Å². The van der Waals surface area contributed by atoms with Crippen LogP contribution >= 0.6 is 0 Å². The number of hydrogen-bond donors (Lipinski definition) is 0. The standard InChI is InChI=1S/C60H48N2/c1-59(2)55-22-14-13-21-51(55)53-35-32-49(39-57(53)59)62(48-31-28-43-15-11-12-16-44(43)38-48)50-33-36-54-52-34-27-42(37-56(52)60(3,4)58(54)40-50)24-23-41-25-29-47(30-26-41)61(45-17-7-5-8-18-45)46-19-9-6-10-20-46/h5-40H,1-4H3/b24-23+. The van der Waals surface area contributed by atoms with Gasteiger partial charge in [0, 0.05) is 45.0 Å². The number of rotatable bonds is 8. The highest BCUT2D eigenvalue weighted by Crippen LogP contribution is 2.53. The van der Waals surface area contributed by atoms with E-state index in [0.717, 1.165) is 34.0 Å². The van der Waals surface area contributed by atoms with Crippen molar-refractivity contribution in [3.63, 3.8) is 0 Å². The Morgan fingerprint density at radius 1 is 0.290 bits per heavy atom. The fraction of sp³-hybridized carbons (Fsp3) is 0.100. The van der Waals surface area contributed by atoms with Crippen LogP contribution in [0.15, 0.2) is 206 Å². The molecule has 0 amide bonds. The Bertz CT molecular complexity index is 3130. The summed E-state index contributed by atoms with van der Waals surface area (Å²) >= 11 is 0. The molecule has 2 heteroatoms. The predicted octanol–water partition coefficient (Wildman–Crippen LogP) is 16.6. The largest absolute Gasteiger partial charge is 0.311 e. The van der Waals surface area contributed by atoms with Gasteiger partial charge in [-0.15, -0.1) is 0 Å². The lowest BCUT2D eigenvalue weighted by Crippen LogP contribution is -2.18. The Morgan fingerprint density at radius 3 is 1.34 bits per heavy atom. The van der Waals surface area contributed by atoms with Gasteiger partial charge in [0.1, 0.15) is 0 Å². The molecule has 0 aromatic heterocycles. The second kappa shape index (κ2) is 14.6. The van der Waals surface area contributed by atoms with Crippen molar-refractivity contribution in [2.45, 2.75) is 38.5 Å². The number of fused-ring (bicyclic) bond motifs is 7. The van der Waals surface area contributed by atoms with Crippen LogP contribution in [0.1, 0.15) is 61.1 Å². The molecule has 9 aromatic rings. The summed E-state index contributed by atoms with van der Waals surface area (Å²) in [7, 11) is 0. The molecule has 9 aromatic carbocycles. The number of hydrogen-bond acceptors (Lipinski definition) is 2. The number of benzene rings is 9. The van der Waals surface area contributed by atoms with Crippen molar-refractivity contribution in [1.29, 1.82) is 0 Å². The number of anilines is 6. The van der Waals surface area contributed by atoms with E-state index in [4.69, 9.17) is 0 Å². The maximum absolute atomic E-state index is 2.46. The SMILES string of the molecule is CC1(C)c2ccccc2-c2ccc(N(c3ccc4c(c3)C(C)(C)c3cc(/C=C/c5ccc(N(c6ccccc6)c6ccccc6)cc5)ccc3-4)c3ccc4ccccc4c3)cc21. The van der Waals surface area contributed by atoms with Crippen LogP contribution in [0, 0.1) is 0 Å². The van der Waals surface area contributed by atoms with Gasteiger partial charge in [-0.05, 0) is 139 Å². The van der Waals surface area contributed by atoms with Crippen molar-refractivity contribution in [2.75, 3.05) is 9.80 Å². The molecule has 0 saturated carbocycles. The van der Waals surface area contributed by atoms with Crippen molar-refractivity contribution < 1.29 is 0 Å². The molecule has 11 rings (SSSR count). The van der Waals surface area contributed by atoms with Crippen LogP contribution in [0.25, 0.3) is 45.2 Å². The van der Waals surface area contributed by atoms with E-state index in [2.05, 4.69) is 256 Å². The Kier molecular flexibility index (Phi) is 8.87. The maximum atomic E-state index is 2.46. The molecule has 0 atom stereocenters.